The van der Waals surface area contributed by atoms with E-state index < -0.39 is 0 Å². The number of hydrogen-bond donors (Lipinski definition) is 0. The Balaban J connectivity index is 0.854. The smallest absolute Gasteiger partial charge is 0.0468 e. The van der Waals surface area contributed by atoms with Crippen molar-refractivity contribution in [2.75, 3.05) is 9.80 Å². The Hall–Kier alpha value is -8.20. The van der Waals surface area contributed by atoms with Gasteiger partial charge in [0.1, 0.15) is 0 Å². The van der Waals surface area contributed by atoms with E-state index in [1.54, 1.807) is 0 Å². The Bertz CT molecular complexity index is 4290. The molecular weight excluding hydrogens is 953 g/mol. The van der Waals surface area contributed by atoms with Gasteiger partial charge < -0.3 is 9.80 Å². The molecule has 79 heavy (non-hydrogen) atoms. The average Bonchev–Trinajstić information content (AvgIpc) is 4.06. The number of hydrogen-bond acceptors (Lipinski definition) is 2. The zero-order chi connectivity index (χ0) is 52.7. The van der Waals surface area contributed by atoms with Crippen LogP contribution in [0.2, 0.25) is 0 Å². The predicted molar refractivity (Wildman–Crippen MR) is 333 cm³/mol. The number of nitrogens with zero attached hydrogens (tertiary/aromatic N) is 2. The summed E-state index contributed by atoms with van der Waals surface area (Å²) in [6.45, 7) is 9.59. The Labute approximate surface area is 466 Å². The van der Waals surface area contributed by atoms with Gasteiger partial charge in [-0.05, 0) is 247 Å². The van der Waals surface area contributed by atoms with Gasteiger partial charge in [0.25, 0.3) is 0 Å². The predicted octanol–water partition coefficient (Wildman–Crippen LogP) is 20.9. The summed E-state index contributed by atoms with van der Waals surface area (Å²) < 4.78 is 0. The van der Waals surface area contributed by atoms with Crippen LogP contribution >= 0.6 is 0 Å². The minimum atomic E-state index is -0.108. The lowest BCUT2D eigenvalue weighted by molar-refractivity contribution is 0.0973. The summed E-state index contributed by atoms with van der Waals surface area (Å²) >= 11 is 0. The number of rotatable bonds is 6. The van der Waals surface area contributed by atoms with Crippen LogP contribution in [0.4, 0.5) is 34.1 Å². The van der Waals surface area contributed by atoms with Crippen molar-refractivity contribution in [2.24, 2.45) is 23.7 Å². The molecule has 6 aliphatic rings. The molecule has 0 heterocycles. The van der Waals surface area contributed by atoms with Crippen LogP contribution in [-0.2, 0) is 23.7 Å². The Morgan fingerprint density at radius 2 is 0.620 bits per heavy atom. The fourth-order valence-corrected chi connectivity index (χ4v) is 16.3. The highest BCUT2D eigenvalue weighted by molar-refractivity contribution is 5.97. The number of anilines is 6. The molecule has 0 spiro atoms. The molecule has 0 amide bonds. The minimum Gasteiger partial charge on any atom is -0.310 e. The lowest BCUT2D eigenvalue weighted by atomic mass is 9.63. The molecule has 17 rings (SSSR count). The molecule has 0 aromatic heterocycles. The van der Waals surface area contributed by atoms with Crippen molar-refractivity contribution in [3.8, 4) is 33.4 Å². The molecule has 4 atom stereocenters. The maximum Gasteiger partial charge on any atom is 0.0468 e. The SMILES string of the molecule is CC1(C)c2ccccc2-c2ccc(N(c3ccc4c(c3)CC3CC5CC(Cc6cc7cc(N(c8ccc9c(c8)C(C)(C)c8ccccc8-9)c8ccc9ccccc9c8)ccc7cc6-4)C[C@H](C3)C5)c3ccc4ccccc4c3)cc21. The van der Waals surface area contributed by atoms with E-state index in [0.717, 1.165) is 24.7 Å². The highest BCUT2D eigenvalue weighted by Crippen LogP contribution is 2.54. The maximum absolute atomic E-state index is 2.62. The lowest BCUT2D eigenvalue weighted by Crippen LogP contribution is -2.32. The van der Waals surface area contributed by atoms with E-state index in [9.17, 15) is 0 Å². The first-order chi connectivity index (χ1) is 38.6. The van der Waals surface area contributed by atoms with Gasteiger partial charge in [-0.2, -0.15) is 0 Å². The van der Waals surface area contributed by atoms with Gasteiger partial charge in [-0.15, -0.1) is 0 Å². The molecule has 0 aliphatic heterocycles. The summed E-state index contributed by atoms with van der Waals surface area (Å²) in [4.78, 5) is 5.07. The van der Waals surface area contributed by atoms with Crippen LogP contribution in [0.25, 0.3) is 65.7 Å². The van der Waals surface area contributed by atoms with E-state index in [-0.39, 0.29) is 10.8 Å². The van der Waals surface area contributed by atoms with Crippen LogP contribution in [0.1, 0.15) is 93.2 Å². The van der Waals surface area contributed by atoms with Crippen molar-refractivity contribution in [2.45, 2.75) is 83.5 Å². The zero-order valence-corrected chi connectivity index (χ0v) is 45.9. The number of benzene rings is 11. The van der Waals surface area contributed by atoms with Gasteiger partial charge in [0.05, 0.1) is 0 Å². The first-order valence-electron chi connectivity index (χ1n) is 29.3. The highest BCUT2D eigenvalue weighted by Gasteiger charge is 2.40. The average molecular weight is 1020 g/mol. The fraction of sp³-hybridized carbons (Fsp3) is 0.221. The topological polar surface area (TPSA) is 6.48 Å². The molecule has 2 saturated carbocycles. The van der Waals surface area contributed by atoms with Gasteiger partial charge in [-0.1, -0.05) is 167 Å². The molecule has 11 aromatic rings. The number of fused-ring (bicyclic) bond motifs is 9. The third-order valence-corrected chi connectivity index (χ3v) is 19.9. The summed E-state index contributed by atoms with van der Waals surface area (Å²) in [6, 6.07) is 84.2. The van der Waals surface area contributed by atoms with E-state index in [2.05, 4.69) is 256 Å². The van der Waals surface area contributed by atoms with Crippen LogP contribution in [-0.4, -0.2) is 0 Å². The molecule has 6 aliphatic carbocycles. The molecule has 384 valence electrons. The van der Waals surface area contributed by atoms with Gasteiger partial charge in [0.2, 0.25) is 0 Å². The van der Waals surface area contributed by atoms with Crippen molar-refractivity contribution in [1.82, 2.24) is 0 Å². The van der Waals surface area contributed by atoms with Crippen molar-refractivity contribution >= 4 is 66.4 Å². The molecule has 0 N–H and O–H groups in total. The van der Waals surface area contributed by atoms with Crippen LogP contribution in [0, 0.1) is 23.7 Å². The lowest BCUT2D eigenvalue weighted by Gasteiger charge is -2.42. The molecule has 0 radical (unpaired) electrons. The highest BCUT2D eigenvalue weighted by atomic mass is 15.1. The molecule has 11 aromatic carbocycles. The zero-order valence-electron chi connectivity index (χ0n) is 45.9. The van der Waals surface area contributed by atoms with Gasteiger partial charge in [0, 0.05) is 45.0 Å². The van der Waals surface area contributed by atoms with Crippen LogP contribution < -0.4 is 9.80 Å². The monoisotopic (exact) mass is 1020 g/mol. The Morgan fingerprint density at radius 1 is 0.266 bits per heavy atom. The van der Waals surface area contributed by atoms with Crippen LogP contribution in [0.3, 0.4) is 0 Å². The first-order valence-corrected chi connectivity index (χ1v) is 29.3. The van der Waals surface area contributed by atoms with E-state index in [1.807, 2.05) is 0 Å². The standard InChI is InChI=1S/C77H66N2/c1-76(2)72-19-11-9-17-67(72)69-31-28-64(46-74(69)76)78(60-24-21-52-13-5-7-15-54(52)41-60)62-26-23-56-45-71-58(40-57(56)43-62)38-50-34-48-33-49(35-50)37-51(36-48)39-59-44-63(27-30-66(59)71)79(61-25-22-53-14-6-8-16-55(53)42-61)65-29-32-70-68-18-10-12-20-73(68)77(3,4)75(70)47-65/h5-32,40-51H,33-39H2,1-4H3/t48-,49?,50?,51?/m1/s1. The normalized spacial score (nSPS) is 19.7. The second kappa shape index (κ2) is 17.7. The van der Waals surface area contributed by atoms with Crippen molar-refractivity contribution < 1.29 is 0 Å². The first kappa shape index (κ1) is 46.9. The van der Waals surface area contributed by atoms with Gasteiger partial charge >= 0.3 is 0 Å². The molecular formula is C77H66N2. The Morgan fingerprint density at radius 3 is 1.14 bits per heavy atom. The van der Waals surface area contributed by atoms with Crippen LogP contribution in [0.15, 0.2) is 218 Å². The van der Waals surface area contributed by atoms with Crippen molar-refractivity contribution in [1.29, 1.82) is 0 Å². The molecule has 3 unspecified atom stereocenters. The largest absolute Gasteiger partial charge is 0.310 e. The maximum atomic E-state index is 2.62. The van der Waals surface area contributed by atoms with Crippen molar-refractivity contribution in [3.63, 3.8) is 0 Å². The summed E-state index contributed by atoms with van der Waals surface area (Å²) in [5, 5.41) is 7.63. The summed E-state index contributed by atoms with van der Waals surface area (Å²) in [7, 11) is 0. The van der Waals surface area contributed by atoms with E-state index in [4.69, 9.17) is 0 Å². The fourth-order valence-electron chi connectivity index (χ4n) is 16.3. The summed E-state index contributed by atoms with van der Waals surface area (Å²) in [6.07, 6.45) is 9.06. The minimum absolute atomic E-state index is 0.107. The van der Waals surface area contributed by atoms with E-state index in [0.29, 0.717) is 11.8 Å². The second-order valence-electron chi connectivity index (χ2n) is 25.5. The molecule has 2 nitrogen and oxygen atoms in total. The molecule has 2 fully saturated rings. The van der Waals surface area contributed by atoms with E-state index in [1.165, 1.54) is 165 Å². The second-order valence-corrected chi connectivity index (χ2v) is 25.5. The van der Waals surface area contributed by atoms with Crippen LogP contribution in [0.5, 0.6) is 0 Å². The van der Waals surface area contributed by atoms with E-state index >= 15 is 0 Å². The molecule has 4 bridgehead atoms. The van der Waals surface area contributed by atoms with Crippen molar-refractivity contribution in [3.05, 3.63) is 252 Å². The summed E-state index contributed by atoms with van der Waals surface area (Å²) in [5.74, 6) is 3.03. The quantitative estimate of drug-likeness (QED) is 0.164. The summed E-state index contributed by atoms with van der Waals surface area (Å²) in [5.41, 5.74) is 23.8. The third-order valence-electron chi connectivity index (χ3n) is 19.9. The molecule has 2 heteroatoms. The van der Waals surface area contributed by atoms with Gasteiger partial charge in [-0.3, -0.25) is 0 Å². The molecule has 0 saturated heterocycles. The third kappa shape index (κ3) is 7.58. The van der Waals surface area contributed by atoms with Gasteiger partial charge in [-0.25, -0.2) is 0 Å². The van der Waals surface area contributed by atoms with Gasteiger partial charge in [0.15, 0.2) is 0 Å². The Kier molecular flexibility index (Phi) is 10.5.